The van der Waals surface area contributed by atoms with Crippen molar-refractivity contribution in [2.75, 3.05) is 0 Å². The van der Waals surface area contributed by atoms with Gasteiger partial charge in [0, 0.05) is 0 Å². The van der Waals surface area contributed by atoms with E-state index < -0.39 is 29.4 Å². The fourth-order valence-electron chi connectivity index (χ4n) is 1.90. The van der Waals surface area contributed by atoms with Gasteiger partial charge in [-0.25, -0.2) is 0 Å². The van der Waals surface area contributed by atoms with Gasteiger partial charge in [-0.1, -0.05) is 18.2 Å². The average Bonchev–Trinajstić information content (AvgIpc) is 2.45. The standard InChI is InChI=1S/C15H7F6NO/c16-14(17,18)13-7-10(1-2-11(13)8-22)9-3-5-12(6-4-9)23-15(19,20)21/h1-7H. The lowest BCUT2D eigenvalue weighted by Gasteiger charge is -2.12. The lowest BCUT2D eigenvalue weighted by atomic mass is 9.99. The zero-order valence-corrected chi connectivity index (χ0v) is 11.2. The molecule has 0 atom stereocenters. The Morgan fingerprint density at radius 2 is 1.39 bits per heavy atom. The largest absolute Gasteiger partial charge is 0.573 e. The van der Waals surface area contributed by atoms with Crippen molar-refractivity contribution >= 4 is 0 Å². The molecule has 0 unspecified atom stereocenters. The monoisotopic (exact) mass is 331 g/mol. The third-order valence-corrected chi connectivity index (χ3v) is 2.87. The second-order valence-electron chi connectivity index (χ2n) is 4.44. The summed E-state index contributed by atoms with van der Waals surface area (Å²) in [6.07, 6.45) is -9.56. The second-order valence-corrected chi connectivity index (χ2v) is 4.44. The summed E-state index contributed by atoms with van der Waals surface area (Å²) in [5.74, 6) is -0.481. The third kappa shape index (κ3) is 4.16. The van der Waals surface area contributed by atoms with Crippen molar-refractivity contribution < 1.29 is 31.1 Å². The Labute approximate surface area is 126 Å². The number of hydrogen-bond acceptors (Lipinski definition) is 2. The number of nitriles is 1. The Kier molecular flexibility index (Phi) is 4.23. The van der Waals surface area contributed by atoms with Crippen LogP contribution in [0.5, 0.6) is 5.75 Å². The van der Waals surface area contributed by atoms with Crippen LogP contribution in [-0.2, 0) is 6.18 Å². The van der Waals surface area contributed by atoms with Gasteiger partial charge in [-0.15, -0.1) is 13.2 Å². The van der Waals surface area contributed by atoms with Crippen molar-refractivity contribution in [2.45, 2.75) is 12.5 Å². The van der Waals surface area contributed by atoms with E-state index in [1.165, 1.54) is 24.3 Å². The van der Waals surface area contributed by atoms with Crippen LogP contribution in [0.3, 0.4) is 0 Å². The quantitative estimate of drug-likeness (QED) is 0.714. The van der Waals surface area contributed by atoms with E-state index in [0.717, 1.165) is 24.3 Å². The molecular weight excluding hydrogens is 324 g/mol. The highest BCUT2D eigenvalue weighted by Crippen LogP contribution is 2.35. The lowest BCUT2D eigenvalue weighted by Crippen LogP contribution is -2.16. The molecule has 0 N–H and O–H groups in total. The van der Waals surface area contributed by atoms with E-state index in [9.17, 15) is 26.3 Å². The highest BCUT2D eigenvalue weighted by atomic mass is 19.4. The van der Waals surface area contributed by atoms with Crippen LogP contribution in [0.25, 0.3) is 11.1 Å². The van der Waals surface area contributed by atoms with Crippen LogP contribution in [0, 0.1) is 11.3 Å². The maximum Gasteiger partial charge on any atom is 0.573 e. The number of alkyl halides is 6. The van der Waals surface area contributed by atoms with Crippen LogP contribution in [-0.4, -0.2) is 6.36 Å². The molecule has 0 aromatic heterocycles. The van der Waals surface area contributed by atoms with Gasteiger partial charge in [0.05, 0.1) is 17.2 Å². The molecular formula is C15H7F6NO. The van der Waals surface area contributed by atoms with Crippen molar-refractivity contribution in [2.24, 2.45) is 0 Å². The summed E-state index contributed by atoms with van der Waals surface area (Å²) in [7, 11) is 0. The van der Waals surface area contributed by atoms with E-state index in [1.54, 1.807) is 0 Å². The third-order valence-electron chi connectivity index (χ3n) is 2.87. The van der Waals surface area contributed by atoms with Crippen LogP contribution in [0.2, 0.25) is 0 Å². The topological polar surface area (TPSA) is 33.0 Å². The first-order chi connectivity index (χ1) is 10.6. The molecule has 2 aromatic rings. The fourth-order valence-corrected chi connectivity index (χ4v) is 1.90. The number of halogens is 6. The second kappa shape index (κ2) is 5.83. The first-order valence-electron chi connectivity index (χ1n) is 6.08. The first-order valence-corrected chi connectivity index (χ1v) is 6.08. The summed E-state index contributed by atoms with van der Waals surface area (Å²) in [5.41, 5.74) is -1.25. The van der Waals surface area contributed by atoms with E-state index in [-0.39, 0.29) is 11.1 Å². The molecule has 0 radical (unpaired) electrons. The molecule has 0 aliphatic carbocycles. The maximum atomic E-state index is 12.9. The highest BCUT2D eigenvalue weighted by molar-refractivity contribution is 5.66. The SMILES string of the molecule is N#Cc1ccc(-c2ccc(OC(F)(F)F)cc2)cc1C(F)(F)F. The van der Waals surface area contributed by atoms with Gasteiger partial charge >= 0.3 is 12.5 Å². The molecule has 0 amide bonds. The minimum Gasteiger partial charge on any atom is -0.406 e. The Bertz CT molecular complexity index is 741. The summed E-state index contributed by atoms with van der Waals surface area (Å²) in [4.78, 5) is 0. The molecule has 2 rings (SSSR count). The molecule has 0 spiro atoms. The molecule has 0 saturated carbocycles. The molecule has 0 aliphatic rings. The first kappa shape index (κ1) is 16.7. The zero-order valence-electron chi connectivity index (χ0n) is 11.2. The fraction of sp³-hybridized carbons (Fsp3) is 0.133. The molecule has 23 heavy (non-hydrogen) atoms. The molecule has 2 nitrogen and oxygen atoms in total. The van der Waals surface area contributed by atoms with Crippen molar-refractivity contribution in [3.63, 3.8) is 0 Å². The molecule has 2 aromatic carbocycles. The summed E-state index contributed by atoms with van der Waals surface area (Å²) in [6.45, 7) is 0. The molecule has 0 saturated heterocycles. The van der Waals surface area contributed by atoms with Gasteiger partial charge in [0.2, 0.25) is 0 Å². The van der Waals surface area contributed by atoms with Crippen LogP contribution < -0.4 is 4.74 Å². The van der Waals surface area contributed by atoms with E-state index in [1.807, 2.05) is 0 Å². The average molecular weight is 331 g/mol. The Morgan fingerprint density at radius 3 is 1.87 bits per heavy atom. The number of nitrogens with zero attached hydrogens (tertiary/aromatic N) is 1. The Morgan fingerprint density at radius 1 is 0.826 bits per heavy atom. The number of benzene rings is 2. The van der Waals surface area contributed by atoms with Crippen molar-refractivity contribution in [3.8, 4) is 22.9 Å². The molecule has 0 fully saturated rings. The van der Waals surface area contributed by atoms with Gasteiger partial charge in [-0.05, 0) is 35.4 Å². The van der Waals surface area contributed by atoms with Gasteiger partial charge in [-0.2, -0.15) is 18.4 Å². The Hall–Kier alpha value is -2.69. The summed E-state index contributed by atoms with van der Waals surface area (Å²) >= 11 is 0. The van der Waals surface area contributed by atoms with Gasteiger partial charge in [-0.3, -0.25) is 0 Å². The number of hydrogen-bond donors (Lipinski definition) is 0. The minimum atomic E-state index is -4.85. The summed E-state index contributed by atoms with van der Waals surface area (Å²) in [6, 6.07) is 8.91. The van der Waals surface area contributed by atoms with Gasteiger partial charge in [0.25, 0.3) is 0 Å². The zero-order chi connectivity index (χ0) is 17.3. The van der Waals surface area contributed by atoms with Crippen molar-refractivity contribution in [3.05, 3.63) is 53.6 Å². The van der Waals surface area contributed by atoms with E-state index in [4.69, 9.17) is 5.26 Å². The van der Waals surface area contributed by atoms with E-state index >= 15 is 0 Å². The van der Waals surface area contributed by atoms with Crippen LogP contribution >= 0.6 is 0 Å². The molecule has 120 valence electrons. The van der Waals surface area contributed by atoms with Crippen molar-refractivity contribution in [1.82, 2.24) is 0 Å². The Balaban J connectivity index is 2.38. The molecule has 0 bridgehead atoms. The van der Waals surface area contributed by atoms with Crippen LogP contribution in [0.15, 0.2) is 42.5 Å². The lowest BCUT2D eigenvalue weighted by molar-refractivity contribution is -0.274. The number of ether oxygens (including phenoxy) is 1. The van der Waals surface area contributed by atoms with Crippen LogP contribution in [0.1, 0.15) is 11.1 Å². The van der Waals surface area contributed by atoms with E-state index in [0.29, 0.717) is 0 Å². The van der Waals surface area contributed by atoms with Crippen molar-refractivity contribution in [1.29, 1.82) is 5.26 Å². The van der Waals surface area contributed by atoms with Gasteiger partial charge < -0.3 is 4.74 Å². The van der Waals surface area contributed by atoms with Gasteiger partial charge in [0.15, 0.2) is 0 Å². The molecule has 0 aliphatic heterocycles. The molecule has 0 heterocycles. The maximum absolute atomic E-state index is 12.9. The summed E-state index contributed by atoms with van der Waals surface area (Å²) < 4.78 is 78.5. The van der Waals surface area contributed by atoms with Gasteiger partial charge in [0.1, 0.15) is 5.75 Å². The smallest absolute Gasteiger partial charge is 0.406 e. The summed E-state index contributed by atoms with van der Waals surface area (Å²) in [5, 5.41) is 8.71. The predicted octanol–water partition coefficient (Wildman–Crippen LogP) is 5.14. The van der Waals surface area contributed by atoms with E-state index in [2.05, 4.69) is 4.74 Å². The minimum absolute atomic E-state index is 0.120. The number of rotatable bonds is 2. The molecule has 8 heteroatoms. The normalized spacial score (nSPS) is 11.9. The highest BCUT2D eigenvalue weighted by Gasteiger charge is 2.34. The van der Waals surface area contributed by atoms with Crippen LogP contribution in [0.4, 0.5) is 26.3 Å². The predicted molar refractivity (Wildman–Crippen MR) is 68.3 cm³/mol.